The van der Waals surface area contributed by atoms with E-state index in [4.69, 9.17) is 9.47 Å². The fourth-order valence-electron chi connectivity index (χ4n) is 3.21. The smallest absolute Gasteiger partial charge is 0.306 e. The Morgan fingerprint density at radius 3 is 1.50 bits per heavy atom. The number of hydrogen-bond acceptors (Lipinski definition) is 4. The van der Waals surface area contributed by atoms with Crippen LogP contribution in [0.25, 0.3) is 0 Å². The fraction of sp³-hybridized carbons (Fsp3) is 0.917. The van der Waals surface area contributed by atoms with Gasteiger partial charge in [-0.25, -0.2) is 0 Å². The van der Waals surface area contributed by atoms with Crippen LogP contribution in [0.3, 0.4) is 0 Å². The first-order chi connectivity index (χ1) is 13.6. The molecule has 0 radical (unpaired) electrons. The monoisotopic (exact) mass is 398 g/mol. The molecule has 0 rings (SSSR count). The minimum atomic E-state index is -0.297. The summed E-state index contributed by atoms with van der Waals surface area (Å²) in [5.74, 6) is -0.168. The van der Waals surface area contributed by atoms with Gasteiger partial charge in [0.25, 0.3) is 0 Å². The number of hydrogen-bond donors (Lipinski definition) is 0. The third kappa shape index (κ3) is 18.3. The topological polar surface area (TPSA) is 52.6 Å². The quantitative estimate of drug-likeness (QED) is 0.164. The van der Waals surface area contributed by atoms with Gasteiger partial charge >= 0.3 is 11.9 Å². The lowest BCUT2D eigenvalue weighted by Gasteiger charge is -2.12. The van der Waals surface area contributed by atoms with Crippen LogP contribution in [0.5, 0.6) is 0 Å². The number of carbonyl (C=O) groups is 2. The van der Waals surface area contributed by atoms with Crippen molar-refractivity contribution in [3.05, 3.63) is 0 Å². The van der Waals surface area contributed by atoms with E-state index in [1.54, 1.807) is 0 Å². The summed E-state index contributed by atoms with van der Waals surface area (Å²) in [6, 6.07) is 0. The lowest BCUT2D eigenvalue weighted by molar-refractivity contribution is -0.151. The molecule has 0 aromatic heterocycles. The molecule has 4 heteroatoms. The molecule has 0 aliphatic carbocycles. The molecule has 0 bridgehead atoms. The molecule has 0 saturated heterocycles. The van der Waals surface area contributed by atoms with Crippen LogP contribution in [0.4, 0.5) is 0 Å². The standard InChI is InChI=1S/C24H46O4/c1-4-7-8-9-10-11-12-13-14-15-16-17-20-27-23(25)18-19-24(26)28-21-22(5-2)6-3/h22H,4-21H2,1-3H3. The SMILES string of the molecule is CCCCCCCCCCCCCCOC(=O)CCC(=O)OCC(CC)CC. The van der Waals surface area contributed by atoms with E-state index in [0.717, 1.165) is 25.7 Å². The van der Waals surface area contributed by atoms with Crippen molar-refractivity contribution in [1.29, 1.82) is 0 Å². The van der Waals surface area contributed by atoms with Gasteiger partial charge in [-0.2, -0.15) is 0 Å². The molecule has 0 aliphatic heterocycles. The Hall–Kier alpha value is -1.06. The Morgan fingerprint density at radius 2 is 1.04 bits per heavy atom. The molecule has 28 heavy (non-hydrogen) atoms. The first-order valence-electron chi connectivity index (χ1n) is 11.9. The van der Waals surface area contributed by atoms with Crippen LogP contribution in [0.1, 0.15) is 124 Å². The van der Waals surface area contributed by atoms with Gasteiger partial charge in [-0.3, -0.25) is 9.59 Å². The van der Waals surface area contributed by atoms with Gasteiger partial charge < -0.3 is 9.47 Å². The van der Waals surface area contributed by atoms with Gasteiger partial charge in [-0.05, 0) is 12.3 Å². The molecule has 0 aromatic carbocycles. The van der Waals surface area contributed by atoms with Crippen molar-refractivity contribution in [2.24, 2.45) is 5.92 Å². The second-order valence-corrected chi connectivity index (χ2v) is 7.98. The number of esters is 2. The van der Waals surface area contributed by atoms with Crippen LogP contribution >= 0.6 is 0 Å². The zero-order valence-corrected chi connectivity index (χ0v) is 18.9. The molecule has 0 fully saturated rings. The van der Waals surface area contributed by atoms with Crippen molar-refractivity contribution in [1.82, 2.24) is 0 Å². The van der Waals surface area contributed by atoms with Gasteiger partial charge in [0, 0.05) is 0 Å². The third-order valence-corrected chi connectivity index (χ3v) is 5.43. The summed E-state index contributed by atoms with van der Waals surface area (Å²) in [4.78, 5) is 23.3. The molecule has 0 aliphatic rings. The molecule has 0 amide bonds. The number of unbranched alkanes of at least 4 members (excludes halogenated alkanes) is 11. The Labute approximate surface area is 174 Å². The average molecular weight is 399 g/mol. The number of rotatable bonds is 20. The highest BCUT2D eigenvalue weighted by molar-refractivity contribution is 5.77. The molecular weight excluding hydrogens is 352 g/mol. The minimum absolute atomic E-state index is 0.122. The molecule has 0 N–H and O–H groups in total. The summed E-state index contributed by atoms with van der Waals surface area (Å²) in [6.45, 7) is 7.37. The highest BCUT2D eigenvalue weighted by Gasteiger charge is 2.11. The summed E-state index contributed by atoms with van der Waals surface area (Å²) in [6.07, 6.45) is 17.7. The molecule has 0 heterocycles. The van der Waals surface area contributed by atoms with Crippen LogP contribution in [-0.2, 0) is 19.1 Å². The van der Waals surface area contributed by atoms with Crippen molar-refractivity contribution < 1.29 is 19.1 Å². The van der Waals surface area contributed by atoms with E-state index in [1.165, 1.54) is 64.2 Å². The molecule has 0 saturated carbocycles. The Balaban J connectivity index is 3.36. The lowest BCUT2D eigenvalue weighted by Crippen LogP contribution is -2.15. The molecule has 166 valence electrons. The molecule has 0 atom stereocenters. The van der Waals surface area contributed by atoms with Crippen molar-refractivity contribution in [2.45, 2.75) is 124 Å². The second kappa shape index (κ2) is 20.7. The highest BCUT2D eigenvalue weighted by Crippen LogP contribution is 2.12. The fourth-order valence-corrected chi connectivity index (χ4v) is 3.21. The summed E-state index contributed by atoms with van der Waals surface area (Å²) in [5.41, 5.74) is 0. The normalized spacial score (nSPS) is 11.0. The first kappa shape index (κ1) is 26.9. The van der Waals surface area contributed by atoms with E-state index in [2.05, 4.69) is 20.8 Å². The highest BCUT2D eigenvalue weighted by atomic mass is 16.5. The van der Waals surface area contributed by atoms with Gasteiger partial charge in [-0.15, -0.1) is 0 Å². The molecule has 4 nitrogen and oxygen atoms in total. The van der Waals surface area contributed by atoms with E-state index in [1.807, 2.05) is 0 Å². The largest absolute Gasteiger partial charge is 0.466 e. The number of carbonyl (C=O) groups excluding carboxylic acids is 2. The van der Waals surface area contributed by atoms with Gasteiger partial charge in [-0.1, -0.05) is 104 Å². The second-order valence-electron chi connectivity index (χ2n) is 7.98. The third-order valence-electron chi connectivity index (χ3n) is 5.43. The average Bonchev–Trinajstić information content (AvgIpc) is 2.70. The maximum atomic E-state index is 11.7. The maximum Gasteiger partial charge on any atom is 0.306 e. The predicted molar refractivity (Wildman–Crippen MR) is 116 cm³/mol. The van der Waals surface area contributed by atoms with Crippen molar-refractivity contribution in [3.8, 4) is 0 Å². The summed E-state index contributed by atoms with van der Waals surface area (Å²) in [7, 11) is 0. The summed E-state index contributed by atoms with van der Waals surface area (Å²) < 4.78 is 10.4. The molecular formula is C24H46O4. The zero-order chi connectivity index (χ0) is 20.9. The summed E-state index contributed by atoms with van der Waals surface area (Å²) >= 11 is 0. The first-order valence-corrected chi connectivity index (χ1v) is 11.9. The zero-order valence-electron chi connectivity index (χ0n) is 18.9. The van der Waals surface area contributed by atoms with Crippen molar-refractivity contribution in [3.63, 3.8) is 0 Å². The van der Waals surface area contributed by atoms with Crippen molar-refractivity contribution >= 4 is 11.9 Å². The van der Waals surface area contributed by atoms with Gasteiger partial charge in [0.2, 0.25) is 0 Å². The van der Waals surface area contributed by atoms with E-state index in [0.29, 0.717) is 19.1 Å². The van der Waals surface area contributed by atoms with E-state index >= 15 is 0 Å². The van der Waals surface area contributed by atoms with E-state index in [9.17, 15) is 9.59 Å². The van der Waals surface area contributed by atoms with Crippen LogP contribution in [0.15, 0.2) is 0 Å². The van der Waals surface area contributed by atoms with Crippen LogP contribution in [-0.4, -0.2) is 25.2 Å². The van der Waals surface area contributed by atoms with Crippen LogP contribution in [0.2, 0.25) is 0 Å². The van der Waals surface area contributed by atoms with E-state index < -0.39 is 0 Å². The van der Waals surface area contributed by atoms with E-state index in [-0.39, 0.29) is 24.8 Å². The van der Waals surface area contributed by atoms with Crippen molar-refractivity contribution in [2.75, 3.05) is 13.2 Å². The summed E-state index contributed by atoms with van der Waals surface area (Å²) in [5, 5.41) is 0. The molecule has 0 aromatic rings. The molecule has 0 unspecified atom stereocenters. The van der Waals surface area contributed by atoms with Gasteiger partial charge in [0.15, 0.2) is 0 Å². The minimum Gasteiger partial charge on any atom is -0.466 e. The molecule has 0 spiro atoms. The van der Waals surface area contributed by atoms with Gasteiger partial charge in [0.05, 0.1) is 26.1 Å². The predicted octanol–water partition coefficient (Wildman–Crippen LogP) is 6.99. The Morgan fingerprint density at radius 1 is 0.607 bits per heavy atom. The lowest BCUT2D eigenvalue weighted by atomic mass is 10.1. The van der Waals surface area contributed by atoms with Gasteiger partial charge in [0.1, 0.15) is 0 Å². The van der Waals surface area contributed by atoms with Crippen LogP contribution < -0.4 is 0 Å². The number of ether oxygens (including phenoxy) is 2. The van der Waals surface area contributed by atoms with Crippen LogP contribution in [0, 0.1) is 5.92 Å². The Kier molecular flexibility index (Phi) is 19.9. The maximum absolute atomic E-state index is 11.7. The Bertz CT molecular complexity index is 364.